The van der Waals surface area contributed by atoms with Crippen LogP contribution < -0.4 is 4.90 Å². The average Bonchev–Trinajstić information content (AvgIpc) is 3.08. The normalized spacial score (nSPS) is 15.6. The topological polar surface area (TPSA) is 51.0 Å². The number of Topliss-reactive ketones (excluding diaryl/α,β-unsaturated/α-hetero) is 1. The summed E-state index contributed by atoms with van der Waals surface area (Å²) < 4.78 is 2.07. The van der Waals surface area contributed by atoms with Gasteiger partial charge in [0.15, 0.2) is 0 Å². The Morgan fingerprint density at radius 2 is 1.90 bits per heavy atom. The zero-order chi connectivity index (χ0) is 22.2. The number of carbonyl (C=O) groups is 1. The quantitative estimate of drug-likeness (QED) is 0.497. The lowest BCUT2D eigenvalue weighted by Crippen LogP contribution is -2.37. The summed E-state index contributed by atoms with van der Waals surface area (Å²) in [6, 6.07) is 10.1. The van der Waals surface area contributed by atoms with Gasteiger partial charge in [-0.25, -0.2) is 9.97 Å². The second-order valence-corrected chi connectivity index (χ2v) is 10.2. The summed E-state index contributed by atoms with van der Waals surface area (Å²) in [6.07, 6.45) is 5.12. The van der Waals surface area contributed by atoms with Gasteiger partial charge in [-0.1, -0.05) is 44.5 Å². The number of aromatic nitrogens is 3. The number of benzene rings is 1. The number of piperidine rings is 1. The maximum absolute atomic E-state index is 12.6. The van der Waals surface area contributed by atoms with Gasteiger partial charge in [0.2, 0.25) is 0 Å². The highest BCUT2D eigenvalue weighted by Crippen LogP contribution is 2.33. The van der Waals surface area contributed by atoms with Crippen LogP contribution in [-0.2, 0) is 11.8 Å². The van der Waals surface area contributed by atoms with Crippen molar-refractivity contribution in [2.24, 2.45) is 18.4 Å². The molecule has 0 amide bonds. The predicted molar refractivity (Wildman–Crippen MR) is 128 cm³/mol. The molecule has 31 heavy (non-hydrogen) atoms. The van der Waals surface area contributed by atoms with Crippen molar-refractivity contribution in [1.29, 1.82) is 0 Å². The largest absolute Gasteiger partial charge is 0.357 e. The first-order chi connectivity index (χ1) is 14.7. The van der Waals surface area contributed by atoms with E-state index >= 15 is 0 Å². The smallest absolute Gasteiger partial charge is 0.142 e. The summed E-state index contributed by atoms with van der Waals surface area (Å²) in [5.41, 5.74) is 3.11. The van der Waals surface area contributed by atoms with Crippen molar-refractivity contribution in [3.05, 3.63) is 41.6 Å². The van der Waals surface area contributed by atoms with Crippen LogP contribution in [0.3, 0.4) is 0 Å². The van der Waals surface area contributed by atoms with Crippen molar-refractivity contribution in [2.45, 2.75) is 46.5 Å². The van der Waals surface area contributed by atoms with Crippen molar-refractivity contribution in [3.63, 3.8) is 0 Å². The number of pyridine rings is 1. The number of anilines is 1. The molecule has 3 heterocycles. The van der Waals surface area contributed by atoms with Crippen molar-refractivity contribution in [2.75, 3.05) is 18.0 Å². The fourth-order valence-corrected chi connectivity index (χ4v) is 4.48. The van der Waals surface area contributed by atoms with E-state index in [4.69, 9.17) is 16.6 Å². The van der Waals surface area contributed by atoms with Gasteiger partial charge in [0.1, 0.15) is 17.4 Å². The van der Waals surface area contributed by atoms with Gasteiger partial charge < -0.3 is 9.47 Å². The van der Waals surface area contributed by atoms with Crippen LogP contribution in [0.25, 0.3) is 22.4 Å². The molecule has 1 saturated heterocycles. The number of para-hydroxylation sites is 2. The summed E-state index contributed by atoms with van der Waals surface area (Å²) in [5, 5.41) is 0.592. The van der Waals surface area contributed by atoms with Crippen LogP contribution >= 0.6 is 11.6 Å². The number of ketones is 1. The molecule has 1 fully saturated rings. The summed E-state index contributed by atoms with van der Waals surface area (Å²) in [6.45, 7) is 8.25. The lowest BCUT2D eigenvalue weighted by molar-refractivity contribution is -0.124. The van der Waals surface area contributed by atoms with Crippen LogP contribution in [0.2, 0.25) is 5.02 Å². The molecule has 0 saturated carbocycles. The zero-order valence-corrected chi connectivity index (χ0v) is 19.6. The van der Waals surface area contributed by atoms with Gasteiger partial charge in [-0.3, -0.25) is 4.79 Å². The Morgan fingerprint density at radius 3 is 2.58 bits per heavy atom. The van der Waals surface area contributed by atoms with E-state index in [1.54, 1.807) is 6.20 Å². The second kappa shape index (κ2) is 8.62. The number of aryl methyl sites for hydroxylation is 1. The fourth-order valence-electron chi connectivity index (χ4n) is 4.29. The molecule has 4 rings (SSSR count). The molecular weight excluding hydrogens is 408 g/mol. The number of rotatable bonds is 5. The van der Waals surface area contributed by atoms with E-state index < -0.39 is 0 Å². The van der Waals surface area contributed by atoms with Crippen LogP contribution in [0, 0.1) is 11.3 Å². The fraction of sp³-hybridized carbons (Fsp3) is 0.480. The molecule has 0 atom stereocenters. The maximum Gasteiger partial charge on any atom is 0.142 e. The Balaban J connectivity index is 1.49. The first-order valence-electron chi connectivity index (χ1n) is 11.1. The average molecular weight is 439 g/mol. The first kappa shape index (κ1) is 21.8. The molecule has 0 radical (unpaired) electrons. The standard InChI is InChI=1S/C25H31ClN4O/c1-25(2,3)12-9-22(31)17-10-13-30(14-11-17)23-15-18(19(26)16-27-23)24-28-20-7-5-6-8-21(20)29(24)4/h5-8,15-17H,9-14H2,1-4H3. The summed E-state index contributed by atoms with van der Waals surface area (Å²) in [5.74, 6) is 2.32. The van der Waals surface area contributed by atoms with Gasteiger partial charge >= 0.3 is 0 Å². The number of fused-ring (bicyclic) bond motifs is 1. The van der Waals surface area contributed by atoms with E-state index in [0.29, 0.717) is 17.2 Å². The Kier molecular flexibility index (Phi) is 6.07. The summed E-state index contributed by atoms with van der Waals surface area (Å²) in [4.78, 5) is 24.3. The Labute approximate surface area is 189 Å². The van der Waals surface area contributed by atoms with Gasteiger partial charge in [0, 0.05) is 44.2 Å². The third-order valence-corrected chi connectivity index (χ3v) is 6.57. The monoisotopic (exact) mass is 438 g/mol. The van der Waals surface area contributed by atoms with Crippen molar-refractivity contribution in [3.8, 4) is 11.4 Å². The van der Waals surface area contributed by atoms with E-state index in [1.165, 1.54) is 0 Å². The molecule has 0 spiro atoms. The predicted octanol–water partition coefficient (Wildman–Crippen LogP) is 5.90. The first-order valence-corrected chi connectivity index (χ1v) is 11.5. The second-order valence-electron chi connectivity index (χ2n) is 9.79. The maximum atomic E-state index is 12.6. The third-order valence-electron chi connectivity index (χ3n) is 6.26. The molecule has 0 unspecified atom stereocenters. The molecular formula is C25H31ClN4O. The van der Waals surface area contributed by atoms with Crippen molar-refractivity contribution in [1.82, 2.24) is 14.5 Å². The van der Waals surface area contributed by atoms with E-state index in [-0.39, 0.29) is 11.3 Å². The van der Waals surface area contributed by atoms with Crippen LogP contribution in [0.5, 0.6) is 0 Å². The van der Waals surface area contributed by atoms with Gasteiger partial charge in [0.25, 0.3) is 0 Å². The van der Waals surface area contributed by atoms with Gasteiger partial charge in [-0.05, 0) is 42.9 Å². The zero-order valence-electron chi connectivity index (χ0n) is 18.9. The number of imidazole rings is 1. The number of halogens is 1. The number of nitrogens with zero attached hydrogens (tertiary/aromatic N) is 4. The Morgan fingerprint density at radius 1 is 1.19 bits per heavy atom. The van der Waals surface area contributed by atoms with Gasteiger partial charge in [-0.2, -0.15) is 0 Å². The van der Waals surface area contributed by atoms with Crippen LogP contribution in [-0.4, -0.2) is 33.4 Å². The molecule has 0 aliphatic carbocycles. The minimum absolute atomic E-state index is 0.171. The van der Waals surface area contributed by atoms with Crippen LogP contribution in [0.15, 0.2) is 36.5 Å². The minimum Gasteiger partial charge on any atom is -0.357 e. The molecule has 1 aliphatic heterocycles. The molecule has 5 nitrogen and oxygen atoms in total. The molecule has 3 aromatic rings. The highest BCUT2D eigenvalue weighted by molar-refractivity contribution is 6.33. The van der Waals surface area contributed by atoms with E-state index in [1.807, 2.05) is 31.3 Å². The van der Waals surface area contributed by atoms with Crippen LogP contribution in [0.4, 0.5) is 5.82 Å². The number of carbonyl (C=O) groups excluding carboxylic acids is 1. The summed E-state index contributed by atoms with van der Waals surface area (Å²) in [7, 11) is 2.01. The van der Waals surface area contributed by atoms with Crippen molar-refractivity contribution < 1.29 is 4.79 Å². The Bertz CT molecular complexity index is 1090. The van der Waals surface area contributed by atoms with E-state index in [2.05, 4.69) is 41.3 Å². The molecule has 1 aromatic carbocycles. The van der Waals surface area contributed by atoms with Gasteiger partial charge in [0.05, 0.1) is 16.1 Å². The molecule has 6 heteroatoms. The van der Waals surface area contributed by atoms with E-state index in [9.17, 15) is 4.79 Å². The summed E-state index contributed by atoms with van der Waals surface area (Å²) >= 11 is 6.53. The van der Waals surface area contributed by atoms with E-state index in [0.717, 1.165) is 60.6 Å². The number of hydrogen-bond donors (Lipinski definition) is 0. The highest BCUT2D eigenvalue weighted by Gasteiger charge is 2.27. The lowest BCUT2D eigenvalue weighted by Gasteiger charge is -2.32. The third kappa shape index (κ3) is 4.77. The SMILES string of the molecule is Cn1c(-c2cc(N3CCC(C(=O)CCC(C)(C)C)CC3)ncc2Cl)nc2ccccc21. The lowest BCUT2D eigenvalue weighted by atomic mass is 9.84. The minimum atomic E-state index is 0.171. The van der Waals surface area contributed by atoms with Gasteiger partial charge in [-0.15, -0.1) is 0 Å². The molecule has 2 aromatic heterocycles. The molecule has 164 valence electrons. The highest BCUT2D eigenvalue weighted by atomic mass is 35.5. The molecule has 1 aliphatic rings. The molecule has 0 N–H and O–H groups in total. The Hall–Kier alpha value is -2.40. The molecule has 0 bridgehead atoms. The van der Waals surface area contributed by atoms with Crippen molar-refractivity contribution >= 4 is 34.2 Å². The van der Waals surface area contributed by atoms with Crippen LogP contribution in [0.1, 0.15) is 46.5 Å². The number of hydrogen-bond acceptors (Lipinski definition) is 4.